The van der Waals surface area contributed by atoms with Gasteiger partial charge < -0.3 is 5.32 Å². The molecule has 4 heterocycles. The summed E-state index contributed by atoms with van der Waals surface area (Å²) in [6.07, 6.45) is 1.67. The van der Waals surface area contributed by atoms with E-state index in [0.717, 1.165) is 22.4 Å². The number of imidazole rings is 1. The van der Waals surface area contributed by atoms with Crippen molar-refractivity contribution in [2.45, 2.75) is 20.8 Å². The summed E-state index contributed by atoms with van der Waals surface area (Å²) in [5.41, 5.74) is 5.26. The first-order valence-electron chi connectivity index (χ1n) is 10.5. The Morgan fingerprint density at radius 3 is 2.68 bits per heavy atom. The number of rotatable bonds is 5. The number of hydrogen-bond acceptors (Lipinski definition) is 8. The molecule has 1 aromatic carbocycles. The van der Waals surface area contributed by atoms with E-state index in [0.29, 0.717) is 39.8 Å². The molecule has 0 radical (unpaired) electrons. The Bertz CT molecular complexity index is 1590. The highest BCUT2D eigenvalue weighted by Gasteiger charge is 2.20. The van der Waals surface area contributed by atoms with Crippen LogP contribution in [0.2, 0.25) is 0 Å². The number of pyridine rings is 1. The summed E-state index contributed by atoms with van der Waals surface area (Å²) in [7, 11) is 0. The van der Waals surface area contributed by atoms with Crippen molar-refractivity contribution in [1.29, 1.82) is 5.26 Å². The van der Waals surface area contributed by atoms with Crippen LogP contribution in [0.1, 0.15) is 34.2 Å². The Morgan fingerprint density at radius 2 is 1.94 bits per heavy atom. The van der Waals surface area contributed by atoms with E-state index in [1.54, 1.807) is 25.4 Å². The third-order valence-corrected chi connectivity index (χ3v) is 5.41. The average Bonchev–Trinajstić information content (AvgIpc) is 3.42. The summed E-state index contributed by atoms with van der Waals surface area (Å²) in [5, 5.41) is 28.1. The van der Waals surface area contributed by atoms with E-state index in [1.807, 2.05) is 41.8 Å². The van der Waals surface area contributed by atoms with E-state index >= 15 is 0 Å². The van der Waals surface area contributed by atoms with E-state index in [2.05, 4.69) is 36.8 Å². The van der Waals surface area contributed by atoms with Crippen molar-refractivity contribution >= 4 is 28.3 Å². The molecule has 34 heavy (non-hydrogen) atoms. The fraction of sp³-hybridized carbons (Fsp3) is 0.125. The van der Waals surface area contributed by atoms with E-state index < -0.39 is 0 Å². The molecule has 0 saturated heterocycles. The molecule has 0 atom stereocenters. The van der Waals surface area contributed by atoms with Crippen LogP contribution in [0.4, 0.5) is 11.5 Å². The van der Waals surface area contributed by atoms with E-state index in [-0.39, 0.29) is 5.78 Å². The zero-order valence-electron chi connectivity index (χ0n) is 18.7. The number of Topliss-reactive ketones (excluding diaryl/α,β-unsaturated/α-hetero) is 1. The van der Waals surface area contributed by atoms with Crippen LogP contribution >= 0.6 is 0 Å². The Kier molecular flexibility index (Phi) is 5.07. The smallest absolute Gasteiger partial charge is 0.162 e. The summed E-state index contributed by atoms with van der Waals surface area (Å²) in [4.78, 5) is 21.5. The highest BCUT2D eigenvalue weighted by atomic mass is 16.1. The molecule has 5 aromatic rings. The minimum atomic E-state index is -0.167. The maximum Gasteiger partial charge on any atom is 0.162 e. The van der Waals surface area contributed by atoms with E-state index in [4.69, 9.17) is 4.98 Å². The predicted octanol–water partition coefficient (Wildman–Crippen LogP) is 4.04. The van der Waals surface area contributed by atoms with Crippen molar-refractivity contribution in [2.24, 2.45) is 0 Å². The molecule has 0 aliphatic rings. The number of aryl methyl sites for hydroxylation is 2. The third-order valence-electron chi connectivity index (χ3n) is 5.41. The fourth-order valence-electron chi connectivity index (χ4n) is 3.67. The van der Waals surface area contributed by atoms with Gasteiger partial charge in [-0.1, -0.05) is 0 Å². The van der Waals surface area contributed by atoms with Gasteiger partial charge in [0.1, 0.15) is 35.2 Å². The minimum absolute atomic E-state index is 0.167. The van der Waals surface area contributed by atoms with E-state index in [9.17, 15) is 10.1 Å². The van der Waals surface area contributed by atoms with Crippen molar-refractivity contribution in [2.75, 3.05) is 5.32 Å². The maximum absolute atomic E-state index is 12.3. The van der Waals surface area contributed by atoms with Crippen LogP contribution in [-0.2, 0) is 0 Å². The van der Waals surface area contributed by atoms with Gasteiger partial charge in [-0.05, 0) is 63.2 Å². The molecule has 0 aliphatic carbocycles. The molecule has 4 aromatic heterocycles. The molecule has 0 bridgehead atoms. The minimum Gasteiger partial charge on any atom is -0.339 e. The number of aromatic amines is 1. The van der Waals surface area contributed by atoms with Gasteiger partial charge in [0, 0.05) is 11.3 Å². The van der Waals surface area contributed by atoms with Gasteiger partial charge in [0.05, 0.1) is 22.4 Å². The van der Waals surface area contributed by atoms with Gasteiger partial charge in [-0.3, -0.25) is 14.5 Å². The second-order valence-corrected chi connectivity index (χ2v) is 7.81. The highest BCUT2D eigenvalue weighted by molar-refractivity contribution is 6.00. The summed E-state index contributed by atoms with van der Waals surface area (Å²) >= 11 is 0. The molecular weight excluding hydrogens is 430 g/mol. The van der Waals surface area contributed by atoms with Crippen LogP contribution in [0.3, 0.4) is 0 Å². The zero-order valence-corrected chi connectivity index (χ0v) is 18.7. The van der Waals surface area contributed by atoms with Crippen molar-refractivity contribution in [3.63, 3.8) is 0 Å². The van der Waals surface area contributed by atoms with Gasteiger partial charge in [-0.25, -0.2) is 9.97 Å². The number of H-pyrrole nitrogens is 1. The van der Waals surface area contributed by atoms with Gasteiger partial charge in [0.2, 0.25) is 0 Å². The monoisotopic (exact) mass is 449 g/mol. The molecule has 0 fully saturated rings. The number of benzene rings is 1. The SMILES string of the molecule is CC(=O)c1ccc(-n2cnc3ccc(Nc4ccc(C)nn4)cc32)nc1-c1n[nH]c(C)c1C#N. The maximum atomic E-state index is 12.3. The third kappa shape index (κ3) is 3.65. The summed E-state index contributed by atoms with van der Waals surface area (Å²) < 4.78 is 1.82. The normalized spacial score (nSPS) is 10.9. The molecule has 5 rings (SSSR count). The number of carbonyl (C=O) groups excluding carboxylic acids is 1. The Morgan fingerprint density at radius 1 is 1.09 bits per heavy atom. The quantitative estimate of drug-likeness (QED) is 0.384. The van der Waals surface area contributed by atoms with Gasteiger partial charge in [-0.2, -0.15) is 15.5 Å². The van der Waals surface area contributed by atoms with Crippen molar-refractivity contribution < 1.29 is 4.79 Å². The molecule has 2 N–H and O–H groups in total. The first-order chi connectivity index (χ1) is 16.4. The lowest BCUT2D eigenvalue weighted by atomic mass is 10.0. The van der Waals surface area contributed by atoms with Crippen molar-refractivity contribution in [3.05, 3.63) is 71.3 Å². The number of ketones is 1. The van der Waals surface area contributed by atoms with Crippen LogP contribution in [0.15, 0.2) is 48.8 Å². The van der Waals surface area contributed by atoms with Crippen LogP contribution in [-0.4, -0.2) is 40.7 Å². The van der Waals surface area contributed by atoms with Gasteiger partial charge in [0.15, 0.2) is 11.6 Å². The number of fused-ring (bicyclic) bond motifs is 1. The van der Waals surface area contributed by atoms with Crippen LogP contribution < -0.4 is 5.32 Å². The van der Waals surface area contributed by atoms with Crippen LogP contribution in [0, 0.1) is 25.2 Å². The predicted molar refractivity (Wildman–Crippen MR) is 126 cm³/mol. The van der Waals surface area contributed by atoms with E-state index in [1.165, 1.54) is 6.92 Å². The largest absolute Gasteiger partial charge is 0.339 e. The summed E-state index contributed by atoms with van der Waals surface area (Å²) in [6.45, 7) is 5.09. The number of aromatic nitrogens is 7. The number of hydrogen-bond donors (Lipinski definition) is 2. The molecule has 0 spiro atoms. The average molecular weight is 449 g/mol. The lowest BCUT2D eigenvalue weighted by molar-refractivity contribution is 0.101. The van der Waals surface area contributed by atoms with Gasteiger partial charge >= 0.3 is 0 Å². The Hall–Kier alpha value is -4.91. The van der Waals surface area contributed by atoms with Gasteiger partial charge in [-0.15, -0.1) is 5.10 Å². The Labute approximate surface area is 194 Å². The number of anilines is 2. The van der Waals surface area contributed by atoms with Crippen LogP contribution in [0.5, 0.6) is 0 Å². The first-order valence-corrected chi connectivity index (χ1v) is 10.5. The molecule has 0 saturated carbocycles. The molecular formula is C24H19N9O. The molecule has 10 nitrogen and oxygen atoms in total. The molecule has 0 aliphatic heterocycles. The van der Waals surface area contributed by atoms with Crippen molar-refractivity contribution in [3.8, 4) is 23.3 Å². The van der Waals surface area contributed by atoms with Gasteiger partial charge in [0.25, 0.3) is 0 Å². The fourth-order valence-corrected chi connectivity index (χ4v) is 3.67. The molecule has 0 amide bonds. The molecule has 10 heteroatoms. The molecule has 0 unspecified atom stereocenters. The summed E-state index contributed by atoms with van der Waals surface area (Å²) in [5.74, 6) is 0.999. The number of nitrogens with zero attached hydrogens (tertiary/aromatic N) is 7. The second-order valence-electron chi connectivity index (χ2n) is 7.81. The summed E-state index contributed by atoms with van der Waals surface area (Å²) in [6, 6.07) is 15.1. The standard InChI is InChI=1S/C24H19N9O/c1-13-4-8-21(31-29-13)27-16-5-7-19-20(10-16)33(12-26-19)22-9-6-17(15(3)34)23(28-22)24-18(11-25)14(2)30-32-24/h4-10,12H,1-3H3,(H,27,31)(H,30,32). The number of nitrogens with one attached hydrogen (secondary N) is 2. The molecule has 166 valence electrons. The Balaban J connectivity index is 1.61. The highest BCUT2D eigenvalue weighted by Crippen LogP contribution is 2.28. The zero-order chi connectivity index (χ0) is 23.8. The number of carbonyl (C=O) groups is 1. The van der Waals surface area contributed by atoms with Crippen LogP contribution in [0.25, 0.3) is 28.2 Å². The second kappa shape index (κ2) is 8.22. The topological polar surface area (TPSA) is 138 Å². The van der Waals surface area contributed by atoms with Crippen molar-refractivity contribution in [1.82, 2.24) is 34.9 Å². The number of nitriles is 1. The first kappa shape index (κ1) is 21.0. The lowest BCUT2D eigenvalue weighted by Crippen LogP contribution is -2.05. The lowest BCUT2D eigenvalue weighted by Gasteiger charge is -2.10.